The molecular weight excluding hydrogens is 114 g/mol. The van der Waals surface area contributed by atoms with Crippen molar-refractivity contribution >= 4 is 5.91 Å². The monoisotopic (exact) mass is 127 g/mol. The summed E-state index contributed by atoms with van der Waals surface area (Å²) in [7, 11) is 0. The molecule has 2 nitrogen and oxygen atoms in total. The van der Waals surface area contributed by atoms with Crippen molar-refractivity contribution in [1.82, 2.24) is 5.32 Å². The number of hydrogen-bond acceptors (Lipinski definition) is 1. The Hall–Kier alpha value is -0.530. The number of amides is 1. The Morgan fingerprint density at radius 2 is 2.56 bits per heavy atom. The Morgan fingerprint density at radius 3 is 3.00 bits per heavy atom. The third-order valence-electron chi connectivity index (χ3n) is 1.76. The van der Waals surface area contributed by atoms with Gasteiger partial charge in [-0.3, -0.25) is 4.79 Å². The quantitative estimate of drug-likeness (QED) is 0.587. The predicted molar refractivity (Wildman–Crippen MR) is 36.0 cm³/mol. The highest BCUT2D eigenvalue weighted by Gasteiger charge is 2.19. The first-order valence-electron chi connectivity index (χ1n) is 3.59. The second-order valence-corrected chi connectivity index (χ2v) is 2.66. The topological polar surface area (TPSA) is 29.1 Å². The largest absolute Gasteiger partial charge is 0.356 e. The van der Waals surface area contributed by atoms with E-state index in [1.54, 1.807) is 0 Å². The number of nitrogens with one attached hydrogen (secondary N) is 1. The number of carbonyl (C=O) groups excluding carboxylic acids is 1. The van der Waals surface area contributed by atoms with Crippen LogP contribution in [0.1, 0.15) is 26.2 Å². The zero-order valence-corrected chi connectivity index (χ0v) is 5.81. The van der Waals surface area contributed by atoms with Crippen LogP contribution in [0.2, 0.25) is 0 Å². The van der Waals surface area contributed by atoms with Crippen LogP contribution in [0.4, 0.5) is 0 Å². The maximum Gasteiger partial charge on any atom is 0.220 e. The smallest absolute Gasteiger partial charge is 0.220 e. The summed E-state index contributed by atoms with van der Waals surface area (Å²) < 4.78 is 0. The van der Waals surface area contributed by atoms with E-state index in [9.17, 15) is 4.79 Å². The molecule has 9 heavy (non-hydrogen) atoms. The van der Waals surface area contributed by atoms with Gasteiger partial charge >= 0.3 is 0 Å². The molecule has 1 amide bonds. The molecule has 1 N–H and O–H groups in total. The van der Waals surface area contributed by atoms with Crippen molar-refractivity contribution < 1.29 is 4.79 Å². The molecule has 1 heterocycles. The molecule has 0 radical (unpaired) electrons. The van der Waals surface area contributed by atoms with E-state index in [1.807, 2.05) is 0 Å². The molecular formula is C7H13NO. The van der Waals surface area contributed by atoms with Crippen LogP contribution in [0.25, 0.3) is 0 Å². The van der Waals surface area contributed by atoms with Crippen molar-refractivity contribution in [2.75, 3.05) is 6.54 Å². The summed E-state index contributed by atoms with van der Waals surface area (Å²) in [5.74, 6) is 0.857. The molecule has 2 heteroatoms. The lowest BCUT2D eigenvalue weighted by atomic mass is 10.0. The first-order chi connectivity index (χ1) is 4.33. The highest BCUT2D eigenvalue weighted by Crippen LogP contribution is 2.14. The molecule has 0 saturated carbocycles. The standard InChI is InChI=1S/C7H13NO/c1-2-3-6-4-7(9)8-5-6/h6H,2-5H2,1H3,(H,8,9)/t6-/m0/s1. The lowest BCUT2D eigenvalue weighted by Crippen LogP contribution is -2.13. The maximum absolute atomic E-state index is 10.6. The number of hydrogen-bond donors (Lipinski definition) is 1. The normalized spacial score (nSPS) is 26.3. The van der Waals surface area contributed by atoms with Crippen LogP contribution in [-0.4, -0.2) is 12.5 Å². The van der Waals surface area contributed by atoms with Crippen LogP contribution in [-0.2, 0) is 4.79 Å². The van der Waals surface area contributed by atoms with Gasteiger partial charge in [0, 0.05) is 13.0 Å². The van der Waals surface area contributed by atoms with Gasteiger partial charge in [0.05, 0.1) is 0 Å². The highest BCUT2D eigenvalue weighted by atomic mass is 16.1. The van der Waals surface area contributed by atoms with Crippen molar-refractivity contribution in [3.63, 3.8) is 0 Å². The van der Waals surface area contributed by atoms with Crippen molar-refractivity contribution in [2.24, 2.45) is 5.92 Å². The molecule has 0 bridgehead atoms. The highest BCUT2D eigenvalue weighted by molar-refractivity contribution is 5.78. The molecule has 1 aliphatic heterocycles. The molecule has 0 aromatic carbocycles. The molecule has 1 saturated heterocycles. The van der Waals surface area contributed by atoms with Crippen LogP contribution in [0.15, 0.2) is 0 Å². The third kappa shape index (κ3) is 1.70. The summed E-state index contributed by atoms with van der Waals surface area (Å²) >= 11 is 0. The van der Waals surface area contributed by atoms with Gasteiger partial charge in [0.15, 0.2) is 0 Å². The summed E-state index contributed by atoms with van der Waals surface area (Å²) in [6.07, 6.45) is 3.15. The molecule has 52 valence electrons. The summed E-state index contributed by atoms with van der Waals surface area (Å²) in [5, 5.41) is 2.82. The van der Waals surface area contributed by atoms with Crippen molar-refractivity contribution in [2.45, 2.75) is 26.2 Å². The number of rotatable bonds is 2. The summed E-state index contributed by atoms with van der Waals surface area (Å²) in [6, 6.07) is 0. The zero-order valence-electron chi connectivity index (χ0n) is 5.81. The molecule has 0 unspecified atom stereocenters. The average Bonchev–Trinajstić information content (AvgIpc) is 2.17. The van der Waals surface area contributed by atoms with E-state index in [2.05, 4.69) is 12.2 Å². The molecule has 0 aromatic heterocycles. The van der Waals surface area contributed by atoms with E-state index in [1.165, 1.54) is 12.8 Å². The van der Waals surface area contributed by atoms with Gasteiger partial charge in [-0.15, -0.1) is 0 Å². The van der Waals surface area contributed by atoms with Crippen molar-refractivity contribution in [1.29, 1.82) is 0 Å². The molecule has 1 fully saturated rings. The molecule has 1 atom stereocenters. The number of carbonyl (C=O) groups is 1. The average molecular weight is 127 g/mol. The molecule has 0 spiro atoms. The van der Waals surface area contributed by atoms with E-state index in [4.69, 9.17) is 0 Å². The lowest BCUT2D eigenvalue weighted by molar-refractivity contribution is -0.119. The van der Waals surface area contributed by atoms with Gasteiger partial charge in [-0.2, -0.15) is 0 Å². The van der Waals surface area contributed by atoms with Gasteiger partial charge in [0.2, 0.25) is 5.91 Å². The van der Waals surface area contributed by atoms with Gasteiger partial charge in [-0.1, -0.05) is 13.3 Å². The van der Waals surface area contributed by atoms with Crippen LogP contribution in [0, 0.1) is 5.92 Å². The maximum atomic E-state index is 10.6. The fraction of sp³-hybridized carbons (Fsp3) is 0.857. The van der Waals surface area contributed by atoms with Gasteiger partial charge in [0.25, 0.3) is 0 Å². The molecule has 0 aliphatic carbocycles. The second kappa shape index (κ2) is 2.85. The van der Waals surface area contributed by atoms with Gasteiger partial charge in [0.1, 0.15) is 0 Å². The van der Waals surface area contributed by atoms with Gasteiger partial charge < -0.3 is 5.32 Å². The lowest BCUT2D eigenvalue weighted by Gasteiger charge is -2.01. The molecule has 1 aliphatic rings. The second-order valence-electron chi connectivity index (χ2n) is 2.66. The molecule has 1 rings (SSSR count). The first-order valence-corrected chi connectivity index (χ1v) is 3.59. The van der Waals surface area contributed by atoms with E-state index in [-0.39, 0.29) is 5.91 Å². The van der Waals surface area contributed by atoms with E-state index < -0.39 is 0 Å². The van der Waals surface area contributed by atoms with E-state index >= 15 is 0 Å². The van der Waals surface area contributed by atoms with Crippen molar-refractivity contribution in [3.8, 4) is 0 Å². The molecule has 0 aromatic rings. The Balaban J connectivity index is 2.22. The Labute approximate surface area is 55.6 Å². The van der Waals surface area contributed by atoms with Gasteiger partial charge in [-0.25, -0.2) is 0 Å². The van der Waals surface area contributed by atoms with Crippen LogP contribution in [0.3, 0.4) is 0 Å². The zero-order chi connectivity index (χ0) is 6.69. The minimum Gasteiger partial charge on any atom is -0.356 e. The fourth-order valence-electron chi connectivity index (χ4n) is 1.28. The minimum absolute atomic E-state index is 0.230. The van der Waals surface area contributed by atoms with E-state index in [0.29, 0.717) is 5.92 Å². The van der Waals surface area contributed by atoms with Crippen LogP contribution < -0.4 is 5.32 Å². The Bertz CT molecular complexity index is 111. The summed E-state index contributed by atoms with van der Waals surface area (Å²) in [5.41, 5.74) is 0. The third-order valence-corrected chi connectivity index (χ3v) is 1.76. The SMILES string of the molecule is CCC[C@@H]1CNC(=O)C1. The Kier molecular flexibility index (Phi) is 2.09. The first kappa shape index (κ1) is 6.59. The predicted octanol–water partition coefficient (Wildman–Crippen LogP) is 0.923. The van der Waals surface area contributed by atoms with Crippen LogP contribution in [0.5, 0.6) is 0 Å². The van der Waals surface area contributed by atoms with Crippen LogP contribution >= 0.6 is 0 Å². The van der Waals surface area contributed by atoms with Gasteiger partial charge in [-0.05, 0) is 12.3 Å². The fourth-order valence-corrected chi connectivity index (χ4v) is 1.28. The summed E-state index contributed by atoms with van der Waals surface area (Å²) in [4.78, 5) is 10.6. The van der Waals surface area contributed by atoms with E-state index in [0.717, 1.165) is 13.0 Å². The summed E-state index contributed by atoms with van der Waals surface area (Å²) in [6.45, 7) is 3.06. The Morgan fingerprint density at radius 1 is 1.78 bits per heavy atom. The minimum atomic E-state index is 0.230. The van der Waals surface area contributed by atoms with Crippen molar-refractivity contribution in [3.05, 3.63) is 0 Å².